The van der Waals surface area contributed by atoms with Gasteiger partial charge in [0.2, 0.25) is 0 Å². The molecule has 2 heterocycles. The van der Waals surface area contributed by atoms with E-state index in [1.807, 2.05) is 13.8 Å². The van der Waals surface area contributed by atoms with Crippen molar-refractivity contribution < 1.29 is 14.0 Å². The van der Waals surface area contributed by atoms with Gasteiger partial charge < -0.3 is 19.7 Å². The molecule has 0 aromatic carbocycles. The van der Waals surface area contributed by atoms with E-state index in [9.17, 15) is 0 Å². The summed E-state index contributed by atoms with van der Waals surface area (Å²) < 4.78 is 16.0. The standard InChI is InChI=1S/C11H19N3O3/c1-11(2,12)10-13-9(17-14-10)7-15-6-8-4-3-5-16-8/h8H,3-7,12H2,1-2H3. The highest BCUT2D eigenvalue weighted by molar-refractivity contribution is 4.98. The number of hydrogen-bond acceptors (Lipinski definition) is 6. The van der Waals surface area contributed by atoms with E-state index in [1.54, 1.807) is 0 Å². The Hall–Kier alpha value is -0.980. The summed E-state index contributed by atoms with van der Waals surface area (Å²) in [5.41, 5.74) is 5.27. The molecule has 0 radical (unpaired) electrons. The summed E-state index contributed by atoms with van der Waals surface area (Å²) >= 11 is 0. The Morgan fingerprint density at radius 2 is 2.35 bits per heavy atom. The first-order valence-electron chi connectivity index (χ1n) is 5.87. The third-order valence-electron chi connectivity index (χ3n) is 2.60. The minimum absolute atomic E-state index is 0.211. The van der Waals surface area contributed by atoms with Gasteiger partial charge in [-0.3, -0.25) is 0 Å². The van der Waals surface area contributed by atoms with E-state index in [1.165, 1.54) is 0 Å². The quantitative estimate of drug-likeness (QED) is 0.826. The molecule has 0 bridgehead atoms. The van der Waals surface area contributed by atoms with Gasteiger partial charge >= 0.3 is 0 Å². The minimum atomic E-state index is -0.587. The van der Waals surface area contributed by atoms with Crippen molar-refractivity contribution in [2.45, 2.75) is 44.9 Å². The fourth-order valence-electron chi connectivity index (χ4n) is 1.63. The maximum Gasteiger partial charge on any atom is 0.252 e. The smallest absolute Gasteiger partial charge is 0.252 e. The third-order valence-corrected chi connectivity index (χ3v) is 2.60. The Bertz CT molecular complexity index is 353. The van der Waals surface area contributed by atoms with Crippen LogP contribution in [0.1, 0.15) is 38.4 Å². The molecule has 1 atom stereocenters. The van der Waals surface area contributed by atoms with E-state index in [2.05, 4.69) is 10.1 Å². The normalized spacial score (nSPS) is 21.0. The molecule has 1 unspecified atom stereocenters. The molecular formula is C11H19N3O3. The number of rotatable bonds is 5. The van der Waals surface area contributed by atoms with Crippen LogP contribution in [0.15, 0.2) is 4.52 Å². The van der Waals surface area contributed by atoms with E-state index in [0.717, 1.165) is 19.4 Å². The first kappa shape index (κ1) is 12.5. The molecule has 1 aromatic heterocycles. The summed E-state index contributed by atoms with van der Waals surface area (Å²) in [4.78, 5) is 4.18. The minimum Gasteiger partial charge on any atom is -0.376 e. The second-order valence-electron chi connectivity index (χ2n) is 4.88. The van der Waals surface area contributed by atoms with Crippen molar-refractivity contribution in [3.8, 4) is 0 Å². The molecule has 6 heteroatoms. The average molecular weight is 241 g/mol. The van der Waals surface area contributed by atoms with Crippen LogP contribution in [0.4, 0.5) is 0 Å². The molecule has 6 nitrogen and oxygen atoms in total. The highest BCUT2D eigenvalue weighted by Gasteiger charge is 2.22. The SMILES string of the molecule is CC(C)(N)c1noc(COCC2CCCO2)n1. The molecule has 1 aliphatic rings. The summed E-state index contributed by atoms with van der Waals surface area (Å²) in [5.74, 6) is 0.949. The predicted octanol–water partition coefficient (Wildman–Crippen LogP) is 0.959. The molecule has 1 fully saturated rings. The summed E-state index contributed by atoms with van der Waals surface area (Å²) in [6.45, 7) is 5.37. The zero-order valence-corrected chi connectivity index (χ0v) is 10.3. The number of nitrogens with zero attached hydrogens (tertiary/aromatic N) is 2. The lowest BCUT2D eigenvalue weighted by molar-refractivity contribution is 0.00325. The summed E-state index contributed by atoms with van der Waals surface area (Å²) in [7, 11) is 0. The second kappa shape index (κ2) is 5.12. The van der Waals surface area contributed by atoms with Gasteiger partial charge in [-0.05, 0) is 26.7 Å². The van der Waals surface area contributed by atoms with Gasteiger partial charge in [0.1, 0.15) is 6.61 Å². The summed E-state index contributed by atoms with van der Waals surface area (Å²) in [6.07, 6.45) is 2.38. The Morgan fingerprint density at radius 1 is 1.53 bits per heavy atom. The molecular weight excluding hydrogens is 222 g/mol. The fourth-order valence-corrected chi connectivity index (χ4v) is 1.63. The van der Waals surface area contributed by atoms with Crippen LogP contribution < -0.4 is 5.73 Å². The monoisotopic (exact) mass is 241 g/mol. The van der Waals surface area contributed by atoms with Crippen molar-refractivity contribution in [2.24, 2.45) is 5.73 Å². The molecule has 0 spiro atoms. The largest absolute Gasteiger partial charge is 0.376 e. The van der Waals surface area contributed by atoms with Gasteiger partial charge in [-0.15, -0.1) is 0 Å². The Kier molecular flexibility index (Phi) is 3.76. The van der Waals surface area contributed by atoms with E-state index in [0.29, 0.717) is 24.9 Å². The average Bonchev–Trinajstić information content (AvgIpc) is 2.86. The number of aromatic nitrogens is 2. The van der Waals surface area contributed by atoms with Crippen LogP contribution in [0.25, 0.3) is 0 Å². The molecule has 96 valence electrons. The van der Waals surface area contributed by atoms with Crippen LogP contribution in [-0.4, -0.2) is 29.5 Å². The maximum atomic E-state index is 5.85. The highest BCUT2D eigenvalue weighted by atomic mass is 16.5. The van der Waals surface area contributed by atoms with Crippen molar-refractivity contribution in [1.82, 2.24) is 10.1 Å². The Balaban J connectivity index is 1.77. The van der Waals surface area contributed by atoms with E-state index in [-0.39, 0.29) is 6.10 Å². The van der Waals surface area contributed by atoms with Gasteiger partial charge in [-0.1, -0.05) is 5.16 Å². The molecule has 1 saturated heterocycles. The van der Waals surface area contributed by atoms with Crippen molar-refractivity contribution >= 4 is 0 Å². The lowest BCUT2D eigenvalue weighted by Crippen LogP contribution is -2.30. The molecule has 2 N–H and O–H groups in total. The molecule has 0 saturated carbocycles. The van der Waals surface area contributed by atoms with Gasteiger partial charge in [0, 0.05) is 6.61 Å². The van der Waals surface area contributed by atoms with Crippen LogP contribution in [0.3, 0.4) is 0 Å². The second-order valence-corrected chi connectivity index (χ2v) is 4.88. The van der Waals surface area contributed by atoms with Gasteiger partial charge in [0.05, 0.1) is 18.2 Å². The number of nitrogens with two attached hydrogens (primary N) is 1. The van der Waals surface area contributed by atoms with E-state index >= 15 is 0 Å². The maximum absolute atomic E-state index is 5.85. The van der Waals surface area contributed by atoms with Crippen LogP contribution in [0.5, 0.6) is 0 Å². The lowest BCUT2D eigenvalue weighted by atomic mass is 10.1. The molecule has 0 amide bonds. The first-order valence-corrected chi connectivity index (χ1v) is 5.87. The van der Waals surface area contributed by atoms with Crippen molar-refractivity contribution in [3.05, 3.63) is 11.7 Å². The zero-order valence-electron chi connectivity index (χ0n) is 10.3. The van der Waals surface area contributed by atoms with Gasteiger partial charge in [0.15, 0.2) is 5.82 Å². The summed E-state index contributed by atoms with van der Waals surface area (Å²) in [5, 5.41) is 3.82. The predicted molar refractivity (Wildman–Crippen MR) is 60.1 cm³/mol. The molecule has 0 aliphatic carbocycles. The molecule has 1 aromatic rings. The van der Waals surface area contributed by atoms with Crippen molar-refractivity contribution in [1.29, 1.82) is 0 Å². The number of hydrogen-bond donors (Lipinski definition) is 1. The fraction of sp³-hybridized carbons (Fsp3) is 0.818. The van der Waals surface area contributed by atoms with Crippen molar-refractivity contribution in [2.75, 3.05) is 13.2 Å². The van der Waals surface area contributed by atoms with Crippen LogP contribution in [0, 0.1) is 0 Å². The topological polar surface area (TPSA) is 83.4 Å². The zero-order chi connectivity index (χ0) is 12.3. The lowest BCUT2D eigenvalue weighted by Gasteiger charge is -2.11. The Morgan fingerprint density at radius 3 is 2.94 bits per heavy atom. The number of ether oxygens (including phenoxy) is 2. The highest BCUT2D eigenvalue weighted by Crippen LogP contribution is 2.14. The van der Waals surface area contributed by atoms with Crippen molar-refractivity contribution in [3.63, 3.8) is 0 Å². The van der Waals surface area contributed by atoms with Gasteiger partial charge in [-0.25, -0.2) is 0 Å². The van der Waals surface area contributed by atoms with Crippen LogP contribution >= 0.6 is 0 Å². The Labute approximate surface area is 100 Å². The van der Waals surface area contributed by atoms with Crippen LogP contribution in [-0.2, 0) is 21.6 Å². The van der Waals surface area contributed by atoms with Gasteiger partial charge in [0.25, 0.3) is 5.89 Å². The van der Waals surface area contributed by atoms with Crippen LogP contribution in [0.2, 0.25) is 0 Å². The summed E-state index contributed by atoms with van der Waals surface area (Å²) in [6, 6.07) is 0. The van der Waals surface area contributed by atoms with Gasteiger partial charge in [-0.2, -0.15) is 4.98 Å². The molecule has 17 heavy (non-hydrogen) atoms. The van der Waals surface area contributed by atoms with E-state index in [4.69, 9.17) is 19.7 Å². The molecule has 2 rings (SSSR count). The third kappa shape index (κ3) is 3.49. The first-order chi connectivity index (χ1) is 8.05. The van der Waals surface area contributed by atoms with E-state index < -0.39 is 5.54 Å². The molecule has 1 aliphatic heterocycles.